The number of rotatable bonds is 5. The molecule has 8 heteroatoms. The third-order valence-electron chi connectivity index (χ3n) is 2.04. The Hall–Kier alpha value is -1.28. The van der Waals surface area contributed by atoms with Crippen molar-refractivity contribution in [2.75, 3.05) is 17.2 Å². The summed E-state index contributed by atoms with van der Waals surface area (Å²) in [5.41, 5.74) is 5.07. The van der Waals surface area contributed by atoms with Crippen molar-refractivity contribution in [1.82, 2.24) is 15.0 Å². The molecule has 0 aromatic carbocycles. The Morgan fingerprint density at radius 2 is 2.00 bits per heavy atom. The van der Waals surface area contributed by atoms with Gasteiger partial charge in [-0.15, -0.1) is 0 Å². The lowest BCUT2D eigenvalue weighted by Crippen LogP contribution is -2.44. The minimum Gasteiger partial charge on any atom is -0.391 e. The molecule has 1 rings (SSSR count). The highest BCUT2D eigenvalue weighted by molar-refractivity contribution is 7.80. The number of aromatic amines is 1. The second-order valence-corrected chi connectivity index (χ2v) is 4.78. The van der Waals surface area contributed by atoms with E-state index in [-0.39, 0.29) is 4.77 Å². The average Bonchev–Trinajstić information content (AvgIpc) is 2.15. The number of H-pyrrole nitrogens is 1. The highest BCUT2D eigenvalue weighted by atomic mass is 32.1. The Labute approximate surface area is 110 Å². The van der Waals surface area contributed by atoms with Crippen molar-refractivity contribution in [3.05, 3.63) is 4.77 Å². The van der Waals surface area contributed by atoms with Gasteiger partial charge in [0.25, 0.3) is 0 Å². The van der Waals surface area contributed by atoms with Crippen LogP contribution in [0.15, 0.2) is 0 Å². The lowest BCUT2D eigenvalue weighted by Gasteiger charge is -2.25. The number of hydrogen-bond acceptors (Lipinski definition) is 6. The second kappa shape index (κ2) is 5.37. The summed E-state index contributed by atoms with van der Waals surface area (Å²) in [5.74, 6) is 1.05. The van der Waals surface area contributed by atoms with Crippen LogP contribution in [-0.2, 0) is 0 Å². The van der Waals surface area contributed by atoms with Gasteiger partial charge in [-0.2, -0.15) is 9.97 Å². The first-order valence-electron chi connectivity index (χ1n) is 5.15. The van der Waals surface area contributed by atoms with Crippen molar-refractivity contribution in [2.45, 2.75) is 26.3 Å². The summed E-state index contributed by atoms with van der Waals surface area (Å²) in [4.78, 5) is 11.4. The third-order valence-corrected chi connectivity index (χ3v) is 2.74. The summed E-state index contributed by atoms with van der Waals surface area (Å²) in [7, 11) is 0. The topological polar surface area (TPSA) is 91.7 Å². The molecule has 0 saturated heterocycles. The highest BCUT2D eigenvalue weighted by Gasteiger charge is 2.21. The van der Waals surface area contributed by atoms with Crippen LogP contribution < -0.4 is 16.4 Å². The minimum absolute atomic E-state index is 0.251. The Morgan fingerprint density at radius 1 is 1.41 bits per heavy atom. The van der Waals surface area contributed by atoms with Crippen molar-refractivity contribution in [1.29, 1.82) is 0 Å². The monoisotopic (exact) mass is 272 g/mol. The molecule has 0 radical (unpaired) electrons. The molecule has 0 spiro atoms. The van der Waals surface area contributed by atoms with Crippen LogP contribution in [0, 0.1) is 4.77 Å². The fourth-order valence-corrected chi connectivity index (χ4v) is 1.29. The highest BCUT2D eigenvalue weighted by Crippen LogP contribution is 2.12. The van der Waals surface area contributed by atoms with Crippen molar-refractivity contribution in [3.8, 4) is 0 Å². The lowest BCUT2D eigenvalue weighted by molar-refractivity contribution is 0.746. The van der Waals surface area contributed by atoms with E-state index >= 15 is 0 Å². The molecule has 17 heavy (non-hydrogen) atoms. The SMILES string of the molecule is CCNc1nc(=S)nc(NC(C)(C)C(N)=S)[nH]1. The fourth-order valence-electron chi connectivity index (χ4n) is 1.05. The number of nitrogens with two attached hydrogens (primary N) is 1. The van der Waals surface area contributed by atoms with Crippen molar-refractivity contribution in [3.63, 3.8) is 0 Å². The van der Waals surface area contributed by atoms with Gasteiger partial charge in [0.2, 0.25) is 16.7 Å². The van der Waals surface area contributed by atoms with Gasteiger partial charge in [-0.1, -0.05) is 12.2 Å². The molecule has 94 valence electrons. The Morgan fingerprint density at radius 3 is 2.53 bits per heavy atom. The van der Waals surface area contributed by atoms with Crippen molar-refractivity contribution >= 4 is 41.3 Å². The number of aromatic nitrogens is 3. The molecule has 0 aliphatic carbocycles. The summed E-state index contributed by atoms with van der Waals surface area (Å²) in [6, 6.07) is 0. The molecule has 0 aliphatic rings. The van der Waals surface area contributed by atoms with E-state index < -0.39 is 5.54 Å². The molecule has 1 aromatic heterocycles. The van der Waals surface area contributed by atoms with Gasteiger partial charge in [0.15, 0.2) is 0 Å². The molecule has 5 N–H and O–H groups in total. The largest absolute Gasteiger partial charge is 0.391 e. The van der Waals surface area contributed by atoms with E-state index in [9.17, 15) is 0 Å². The van der Waals surface area contributed by atoms with Crippen molar-refractivity contribution in [2.24, 2.45) is 5.73 Å². The van der Waals surface area contributed by atoms with Crippen LogP contribution >= 0.6 is 24.4 Å². The maximum atomic E-state index is 5.62. The van der Waals surface area contributed by atoms with Gasteiger partial charge in [-0.05, 0) is 33.0 Å². The van der Waals surface area contributed by atoms with Crippen LogP contribution in [0.3, 0.4) is 0 Å². The zero-order valence-electron chi connectivity index (χ0n) is 10.00. The average molecular weight is 272 g/mol. The van der Waals surface area contributed by atoms with Crippen LogP contribution in [-0.4, -0.2) is 32.0 Å². The second-order valence-electron chi connectivity index (χ2n) is 3.97. The fraction of sp³-hybridized carbons (Fsp3) is 0.556. The first-order chi connectivity index (χ1) is 7.85. The number of nitrogens with one attached hydrogen (secondary N) is 3. The van der Waals surface area contributed by atoms with Gasteiger partial charge >= 0.3 is 0 Å². The Bertz CT molecular complexity index is 467. The zero-order chi connectivity index (χ0) is 13.1. The van der Waals surface area contributed by atoms with Crippen LogP contribution in [0.5, 0.6) is 0 Å². The Kier molecular flexibility index (Phi) is 4.35. The summed E-state index contributed by atoms with van der Waals surface area (Å²) in [5, 5.41) is 6.10. The lowest BCUT2D eigenvalue weighted by atomic mass is 10.1. The predicted molar refractivity (Wildman–Crippen MR) is 75.9 cm³/mol. The third kappa shape index (κ3) is 3.90. The molecule has 0 unspecified atom stereocenters. The predicted octanol–water partition coefficient (Wildman–Crippen LogP) is 1.44. The molecule has 6 nitrogen and oxygen atoms in total. The summed E-state index contributed by atoms with van der Waals surface area (Å²) < 4.78 is 0.251. The number of thiocarbonyl (C=S) groups is 1. The van der Waals surface area contributed by atoms with Crippen LogP contribution in [0.1, 0.15) is 20.8 Å². The number of anilines is 2. The summed E-state index contributed by atoms with van der Waals surface area (Å²) >= 11 is 9.93. The smallest absolute Gasteiger partial charge is 0.225 e. The normalized spacial score (nSPS) is 11.0. The van der Waals surface area contributed by atoms with E-state index in [1.165, 1.54) is 0 Å². The van der Waals surface area contributed by atoms with Gasteiger partial charge in [-0.25, -0.2) is 0 Å². The van der Waals surface area contributed by atoms with Gasteiger partial charge in [0, 0.05) is 6.54 Å². The first kappa shape index (κ1) is 13.8. The molecular formula is C9H16N6S2. The van der Waals surface area contributed by atoms with E-state index in [0.717, 1.165) is 6.54 Å². The van der Waals surface area contributed by atoms with E-state index in [4.69, 9.17) is 30.2 Å². The van der Waals surface area contributed by atoms with Gasteiger partial charge in [0.05, 0.1) is 10.5 Å². The standard InChI is InChI=1S/C9H16N6S2/c1-4-11-6-12-7(14-8(17)13-6)15-9(2,3)5(10)16/h4H2,1-3H3,(H2,10,16)(H3,11,12,13,14,15,17). The zero-order valence-corrected chi connectivity index (χ0v) is 11.6. The van der Waals surface area contributed by atoms with Gasteiger partial charge < -0.3 is 16.4 Å². The van der Waals surface area contributed by atoms with Crippen LogP contribution in [0.25, 0.3) is 0 Å². The maximum Gasteiger partial charge on any atom is 0.225 e. The van der Waals surface area contributed by atoms with E-state index in [0.29, 0.717) is 16.9 Å². The Balaban J connectivity index is 2.99. The van der Waals surface area contributed by atoms with Gasteiger partial charge in [-0.3, -0.25) is 4.98 Å². The van der Waals surface area contributed by atoms with E-state index in [2.05, 4.69) is 25.6 Å². The molecular weight excluding hydrogens is 256 g/mol. The van der Waals surface area contributed by atoms with E-state index in [1.807, 2.05) is 20.8 Å². The number of nitrogens with zero attached hydrogens (tertiary/aromatic N) is 2. The molecule has 1 heterocycles. The quantitative estimate of drug-likeness (QED) is 0.603. The van der Waals surface area contributed by atoms with Crippen molar-refractivity contribution < 1.29 is 0 Å². The number of hydrogen-bond donors (Lipinski definition) is 4. The van der Waals surface area contributed by atoms with Crippen LogP contribution in [0.4, 0.5) is 11.9 Å². The summed E-state index contributed by atoms with van der Waals surface area (Å²) in [6.07, 6.45) is 0. The minimum atomic E-state index is -0.550. The molecule has 0 amide bonds. The molecule has 0 atom stereocenters. The maximum absolute atomic E-state index is 5.62. The molecule has 0 bridgehead atoms. The molecule has 1 aromatic rings. The summed E-state index contributed by atoms with van der Waals surface area (Å²) in [6.45, 7) is 6.42. The molecule has 0 saturated carbocycles. The van der Waals surface area contributed by atoms with E-state index in [1.54, 1.807) is 0 Å². The molecule has 0 fully saturated rings. The van der Waals surface area contributed by atoms with Crippen LogP contribution in [0.2, 0.25) is 0 Å². The van der Waals surface area contributed by atoms with Gasteiger partial charge in [0.1, 0.15) is 0 Å². The molecule has 0 aliphatic heterocycles. The first-order valence-corrected chi connectivity index (χ1v) is 5.97.